The van der Waals surface area contributed by atoms with Gasteiger partial charge in [-0.1, -0.05) is 31.2 Å². The van der Waals surface area contributed by atoms with E-state index < -0.39 is 18.0 Å². The highest BCUT2D eigenvalue weighted by Gasteiger charge is 2.19. The maximum Gasteiger partial charge on any atom is 0.339 e. The lowest BCUT2D eigenvalue weighted by atomic mass is 10.1. The highest BCUT2D eigenvalue weighted by Crippen LogP contribution is 2.27. The summed E-state index contributed by atoms with van der Waals surface area (Å²) in [5.41, 5.74) is 5.24. The standard InChI is InChI=1S/C15H15NO4/c1-2-12(14(16)17)20-13-8-10-6-4-3-5-9(10)7-11(13)15(18)19/h3-8,12H,2H2,1H3,(H2,16,17)(H,18,19). The predicted octanol–water partition coefficient (Wildman–Crippen LogP) is 2.18. The summed E-state index contributed by atoms with van der Waals surface area (Å²) in [7, 11) is 0. The Bertz CT molecular complexity index is 666. The van der Waals surface area contributed by atoms with Crippen LogP contribution < -0.4 is 10.5 Å². The molecule has 5 nitrogen and oxygen atoms in total. The van der Waals surface area contributed by atoms with Crippen LogP contribution in [0.25, 0.3) is 10.8 Å². The van der Waals surface area contributed by atoms with E-state index in [1.54, 1.807) is 13.0 Å². The lowest BCUT2D eigenvalue weighted by Crippen LogP contribution is -2.33. The molecule has 2 rings (SSSR count). The first-order valence-corrected chi connectivity index (χ1v) is 6.25. The number of carboxylic acid groups (broad SMARTS) is 1. The van der Waals surface area contributed by atoms with E-state index in [2.05, 4.69) is 0 Å². The fourth-order valence-electron chi connectivity index (χ4n) is 1.98. The van der Waals surface area contributed by atoms with Gasteiger partial charge in [-0.3, -0.25) is 4.79 Å². The molecule has 1 atom stereocenters. The average Bonchev–Trinajstić information content (AvgIpc) is 2.43. The highest BCUT2D eigenvalue weighted by molar-refractivity contribution is 5.97. The Hall–Kier alpha value is -2.56. The average molecular weight is 273 g/mol. The van der Waals surface area contributed by atoms with Crippen LogP contribution in [0.2, 0.25) is 0 Å². The van der Waals surface area contributed by atoms with Gasteiger partial charge in [0.1, 0.15) is 11.3 Å². The summed E-state index contributed by atoms with van der Waals surface area (Å²) in [5.74, 6) is -1.57. The molecule has 0 spiro atoms. The number of rotatable bonds is 5. The number of aromatic carboxylic acids is 1. The minimum absolute atomic E-state index is 0.0170. The molecule has 0 radical (unpaired) electrons. The highest BCUT2D eigenvalue weighted by atomic mass is 16.5. The van der Waals surface area contributed by atoms with Crippen molar-refractivity contribution in [2.45, 2.75) is 19.4 Å². The third kappa shape index (κ3) is 2.71. The van der Waals surface area contributed by atoms with Crippen LogP contribution in [0.1, 0.15) is 23.7 Å². The van der Waals surface area contributed by atoms with Gasteiger partial charge in [0.15, 0.2) is 6.10 Å². The Morgan fingerprint density at radius 1 is 1.25 bits per heavy atom. The molecular formula is C15H15NO4. The number of carboxylic acids is 1. The molecule has 0 aliphatic rings. The Balaban J connectivity index is 2.52. The minimum atomic E-state index is -1.11. The van der Waals surface area contributed by atoms with Gasteiger partial charge in [-0.05, 0) is 29.3 Å². The number of nitrogens with two attached hydrogens (primary N) is 1. The molecule has 0 heterocycles. The number of hydrogen-bond acceptors (Lipinski definition) is 3. The Morgan fingerprint density at radius 3 is 2.35 bits per heavy atom. The molecular weight excluding hydrogens is 258 g/mol. The van der Waals surface area contributed by atoms with Gasteiger partial charge >= 0.3 is 5.97 Å². The number of carbonyl (C=O) groups excluding carboxylic acids is 1. The van der Waals surface area contributed by atoms with E-state index in [4.69, 9.17) is 10.5 Å². The van der Waals surface area contributed by atoms with Crippen LogP contribution in [0.5, 0.6) is 5.75 Å². The zero-order chi connectivity index (χ0) is 14.7. The van der Waals surface area contributed by atoms with Gasteiger partial charge in [-0.2, -0.15) is 0 Å². The van der Waals surface area contributed by atoms with Gasteiger partial charge in [0.05, 0.1) is 0 Å². The molecule has 3 N–H and O–H groups in total. The van der Waals surface area contributed by atoms with Crippen molar-refractivity contribution in [3.8, 4) is 5.75 Å². The van der Waals surface area contributed by atoms with Gasteiger partial charge in [0.2, 0.25) is 0 Å². The normalized spacial score (nSPS) is 12.1. The third-order valence-corrected chi connectivity index (χ3v) is 3.04. The summed E-state index contributed by atoms with van der Waals surface area (Å²) >= 11 is 0. The van der Waals surface area contributed by atoms with Crippen LogP contribution in [0, 0.1) is 0 Å². The number of amides is 1. The van der Waals surface area contributed by atoms with E-state index in [1.807, 2.05) is 24.3 Å². The molecule has 1 amide bonds. The second-order valence-electron chi connectivity index (χ2n) is 4.42. The van der Waals surface area contributed by atoms with E-state index in [1.165, 1.54) is 6.07 Å². The van der Waals surface area contributed by atoms with Crippen molar-refractivity contribution in [1.29, 1.82) is 0 Å². The van der Waals surface area contributed by atoms with E-state index in [-0.39, 0.29) is 11.3 Å². The summed E-state index contributed by atoms with van der Waals surface area (Å²) in [6.45, 7) is 1.75. The maximum atomic E-state index is 11.3. The minimum Gasteiger partial charge on any atom is -0.480 e. The van der Waals surface area contributed by atoms with Crippen LogP contribution in [0.4, 0.5) is 0 Å². The molecule has 1 unspecified atom stereocenters. The second-order valence-corrected chi connectivity index (χ2v) is 4.42. The zero-order valence-electron chi connectivity index (χ0n) is 11.0. The first-order chi connectivity index (χ1) is 9.52. The second kappa shape index (κ2) is 5.61. The summed E-state index contributed by atoms with van der Waals surface area (Å²) < 4.78 is 5.47. The summed E-state index contributed by atoms with van der Waals surface area (Å²) in [5, 5.41) is 10.9. The molecule has 2 aromatic carbocycles. The quantitative estimate of drug-likeness (QED) is 0.873. The van der Waals surface area contributed by atoms with Crippen LogP contribution >= 0.6 is 0 Å². The largest absolute Gasteiger partial charge is 0.480 e. The van der Waals surface area contributed by atoms with E-state index in [0.717, 1.165) is 10.8 Å². The molecule has 20 heavy (non-hydrogen) atoms. The van der Waals surface area contributed by atoms with E-state index >= 15 is 0 Å². The number of fused-ring (bicyclic) bond motifs is 1. The van der Waals surface area contributed by atoms with Crippen molar-refractivity contribution in [1.82, 2.24) is 0 Å². The lowest BCUT2D eigenvalue weighted by molar-refractivity contribution is -0.124. The molecule has 0 saturated carbocycles. The monoisotopic (exact) mass is 273 g/mol. The summed E-state index contributed by atoms with van der Waals surface area (Å²) in [4.78, 5) is 22.5. The van der Waals surface area contributed by atoms with Gasteiger partial charge in [-0.15, -0.1) is 0 Å². The Morgan fingerprint density at radius 2 is 1.85 bits per heavy atom. The van der Waals surface area contributed by atoms with Crippen LogP contribution in [0.3, 0.4) is 0 Å². The first kappa shape index (κ1) is 13.9. The van der Waals surface area contributed by atoms with Gasteiger partial charge in [0, 0.05) is 0 Å². The van der Waals surface area contributed by atoms with Crippen molar-refractivity contribution < 1.29 is 19.4 Å². The molecule has 0 aliphatic heterocycles. The smallest absolute Gasteiger partial charge is 0.339 e. The topological polar surface area (TPSA) is 89.6 Å². The Labute approximate surface area is 116 Å². The molecule has 0 aromatic heterocycles. The lowest BCUT2D eigenvalue weighted by Gasteiger charge is -2.16. The molecule has 0 aliphatic carbocycles. The molecule has 0 fully saturated rings. The molecule has 5 heteroatoms. The van der Waals surface area contributed by atoms with Crippen LogP contribution in [0.15, 0.2) is 36.4 Å². The molecule has 0 saturated heterocycles. The first-order valence-electron chi connectivity index (χ1n) is 6.25. The Kier molecular flexibility index (Phi) is 3.89. The fraction of sp³-hybridized carbons (Fsp3) is 0.200. The SMILES string of the molecule is CCC(Oc1cc2ccccc2cc1C(=O)O)C(N)=O. The zero-order valence-corrected chi connectivity index (χ0v) is 11.0. The van der Waals surface area contributed by atoms with Crippen molar-refractivity contribution in [2.75, 3.05) is 0 Å². The molecule has 2 aromatic rings. The number of hydrogen-bond donors (Lipinski definition) is 2. The van der Waals surface area contributed by atoms with E-state index in [0.29, 0.717) is 6.42 Å². The molecule has 104 valence electrons. The number of carbonyl (C=O) groups is 2. The summed E-state index contributed by atoms with van der Waals surface area (Å²) in [6.07, 6.45) is -0.462. The fourth-order valence-corrected chi connectivity index (χ4v) is 1.98. The number of ether oxygens (including phenoxy) is 1. The van der Waals surface area contributed by atoms with E-state index in [9.17, 15) is 14.7 Å². The molecule has 0 bridgehead atoms. The third-order valence-electron chi connectivity index (χ3n) is 3.04. The van der Waals surface area contributed by atoms with Crippen LogP contribution in [-0.2, 0) is 4.79 Å². The van der Waals surface area contributed by atoms with Crippen molar-refractivity contribution >= 4 is 22.6 Å². The van der Waals surface area contributed by atoms with Crippen molar-refractivity contribution in [2.24, 2.45) is 5.73 Å². The maximum absolute atomic E-state index is 11.3. The van der Waals surface area contributed by atoms with Crippen molar-refractivity contribution in [3.63, 3.8) is 0 Å². The van der Waals surface area contributed by atoms with Crippen LogP contribution in [-0.4, -0.2) is 23.1 Å². The van der Waals surface area contributed by atoms with Gasteiger partial charge in [-0.25, -0.2) is 4.79 Å². The van der Waals surface area contributed by atoms with Gasteiger partial charge in [0.25, 0.3) is 5.91 Å². The number of benzene rings is 2. The van der Waals surface area contributed by atoms with Crippen molar-refractivity contribution in [3.05, 3.63) is 42.0 Å². The summed E-state index contributed by atoms with van der Waals surface area (Å²) in [6, 6.07) is 10.5. The number of primary amides is 1. The predicted molar refractivity (Wildman–Crippen MR) is 74.8 cm³/mol. The van der Waals surface area contributed by atoms with Gasteiger partial charge < -0.3 is 15.6 Å².